The van der Waals surface area contributed by atoms with E-state index in [4.69, 9.17) is 9.72 Å². The van der Waals surface area contributed by atoms with Crippen molar-refractivity contribution in [2.24, 2.45) is 0 Å². The number of hydrogen-bond acceptors (Lipinski definition) is 4. The van der Waals surface area contributed by atoms with E-state index in [1.165, 1.54) is 60.3 Å². The summed E-state index contributed by atoms with van der Waals surface area (Å²) >= 11 is 0. The SMILES string of the molecule is Cc1ccc2c(c1)N(c1ccccc1)CN2c1cccc(Oc2ccc3c4ccccc4n(-c4nc5ccc6ccccc6c5c5c4ccc4ccccc45)c3c2)c1. The van der Waals surface area contributed by atoms with Gasteiger partial charge in [-0.1, -0.05) is 109 Å². The van der Waals surface area contributed by atoms with E-state index in [0.717, 1.165) is 50.3 Å². The standard InChI is InChI=1S/C53H36N4O/c1-34-22-29-48-50(30-34)55(37-14-3-2-4-15-37)33-56(48)38-16-11-17-39(31-38)58-40-25-27-44-43-20-9-10-21-47(43)57(49(44)32-40)53-45-26-23-35-12-5-7-18-41(35)51(45)52-42-19-8-6-13-36(42)24-28-46(52)54-53/h2-32H,33H2,1H3. The van der Waals surface area contributed by atoms with Gasteiger partial charge in [0, 0.05) is 50.4 Å². The van der Waals surface area contributed by atoms with Crippen molar-refractivity contribution in [3.8, 4) is 17.3 Å². The topological polar surface area (TPSA) is 33.5 Å². The second-order valence-electron chi connectivity index (χ2n) is 15.3. The number of rotatable bonds is 5. The van der Waals surface area contributed by atoms with Gasteiger partial charge in [0.25, 0.3) is 0 Å². The lowest BCUT2D eigenvalue weighted by molar-refractivity contribution is 0.483. The molecular formula is C53H36N4O. The first-order valence-electron chi connectivity index (χ1n) is 19.8. The number of aryl methyl sites for hydroxylation is 1. The molecule has 0 unspecified atom stereocenters. The van der Waals surface area contributed by atoms with E-state index in [0.29, 0.717) is 6.67 Å². The minimum atomic E-state index is 0.704. The van der Waals surface area contributed by atoms with Crippen LogP contribution in [0.1, 0.15) is 5.56 Å². The van der Waals surface area contributed by atoms with Gasteiger partial charge in [0.15, 0.2) is 0 Å². The van der Waals surface area contributed by atoms with Crippen molar-refractivity contribution in [1.82, 2.24) is 9.55 Å². The molecular weight excluding hydrogens is 709 g/mol. The number of pyridine rings is 1. The Labute approximate surface area is 335 Å². The second-order valence-corrected chi connectivity index (χ2v) is 15.3. The molecule has 274 valence electrons. The number of para-hydroxylation sites is 2. The van der Waals surface area contributed by atoms with Crippen LogP contribution in [0.5, 0.6) is 11.5 Å². The number of fused-ring (bicyclic) bond motifs is 11. The molecule has 11 aromatic rings. The van der Waals surface area contributed by atoms with Crippen LogP contribution < -0.4 is 14.5 Å². The predicted molar refractivity (Wildman–Crippen MR) is 242 cm³/mol. The fraction of sp³-hybridized carbons (Fsp3) is 0.0377. The van der Waals surface area contributed by atoms with Gasteiger partial charge in [0.2, 0.25) is 0 Å². The summed E-state index contributed by atoms with van der Waals surface area (Å²) in [6, 6.07) is 67.0. The summed E-state index contributed by atoms with van der Waals surface area (Å²) in [5.74, 6) is 2.44. The maximum atomic E-state index is 6.78. The van der Waals surface area contributed by atoms with Crippen LogP contribution >= 0.6 is 0 Å². The highest BCUT2D eigenvalue weighted by atomic mass is 16.5. The van der Waals surface area contributed by atoms with Crippen molar-refractivity contribution in [1.29, 1.82) is 0 Å². The summed E-state index contributed by atoms with van der Waals surface area (Å²) in [5.41, 5.74) is 8.97. The molecule has 0 radical (unpaired) electrons. The highest BCUT2D eigenvalue weighted by Gasteiger charge is 2.28. The van der Waals surface area contributed by atoms with Crippen LogP contribution in [-0.2, 0) is 0 Å². The Hall–Kier alpha value is -7.63. The number of ether oxygens (including phenoxy) is 1. The first-order chi connectivity index (χ1) is 28.7. The second kappa shape index (κ2) is 12.7. The van der Waals surface area contributed by atoms with Gasteiger partial charge in [0.05, 0.1) is 27.9 Å². The van der Waals surface area contributed by atoms with Crippen LogP contribution in [0.15, 0.2) is 188 Å². The predicted octanol–water partition coefficient (Wildman–Crippen LogP) is 14.1. The zero-order valence-electron chi connectivity index (χ0n) is 31.8. The Morgan fingerprint density at radius 2 is 1.10 bits per heavy atom. The fourth-order valence-corrected chi connectivity index (χ4v) is 9.20. The lowest BCUT2D eigenvalue weighted by atomic mass is 9.95. The van der Waals surface area contributed by atoms with Gasteiger partial charge in [-0.3, -0.25) is 4.57 Å². The monoisotopic (exact) mass is 744 g/mol. The van der Waals surface area contributed by atoms with Gasteiger partial charge in [-0.05, 0) is 101 Å². The molecule has 0 saturated heterocycles. The molecule has 0 spiro atoms. The first-order valence-corrected chi connectivity index (χ1v) is 19.8. The van der Waals surface area contributed by atoms with Gasteiger partial charge in [-0.25, -0.2) is 4.98 Å². The summed E-state index contributed by atoms with van der Waals surface area (Å²) in [6.45, 7) is 2.86. The van der Waals surface area contributed by atoms with E-state index >= 15 is 0 Å². The van der Waals surface area contributed by atoms with E-state index in [1.54, 1.807) is 0 Å². The molecule has 5 heteroatoms. The Morgan fingerprint density at radius 1 is 0.448 bits per heavy atom. The minimum absolute atomic E-state index is 0.704. The molecule has 0 atom stereocenters. The molecule has 0 fully saturated rings. The number of nitrogens with zero attached hydrogens (tertiary/aromatic N) is 4. The van der Waals surface area contributed by atoms with Crippen molar-refractivity contribution < 1.29 is 4.74 Å². The Kier molecular flexibility index (Phi) is 7.14. The average Bonchev–Trinajstić information content (AvgIpc) is 3.81. The lowest BCUT2D eigenvalue weighted by Crippen LogP contribution is -2.23. The normalized spacial score (nSPS) is 12.8. The van der Waals surface area contributed by atoms with E-state index in [9.17, 15) is 0 Å². The summed E-state index contributed by atoms with van der Waals surface area (Å²) < 4.78 is 9.12. The van der Waals surface area contributed by atoms with Gasteiger partial charge < -0.3 is 14.5 Å². The molecule has 12 rings (SSSR count). The van der Waals surface area contributed by atoms with Crippen LogP contribution in [0.25, 0.3) is 70.8 Å². The van der Waals surface area contributed by atoms with Gasteiger partial charge in [-0.15, -0.1) is 0 Å². The molecule has 58 heavy (non-hydrogen) atoms. The molecule has 1 aliphatic heterocycles. The Bertz CT molecular complexity index is 3440. The Morgan fingerprint density at radius 3 is 1.95 bits per heavy atom. The molecule has 5 nitrogen and oxygen atoms in total. The number of anilines is 4. The molecule has 0 amide bonds. The van der Waals surface area contributed by atoms with Gasteiger partial charge >= 0.3 is 0 Å². The molecule has 9 aromatic carbocycles. The van der Waals surface area contributed by atoms with Crippen molar-refractivity contribution in [3.63, 3.8) is 0 Å². The van der Waals surface area contributed by atoms with E-state index in [-0.39, 0.29) is 0 Å². The fourth-order valence-electron chi connectivity index (χ4n) is 9.20. The quantitative estimate of drug-likeness (QED) is 0.164. The smallest absolute Gasteiger partial charge is 0.146 e. The largest absolute Gasteiger partial charge is 0.457 e. The maximum Gasteiger partial charge on any atom is 0.146 e. The number of benzene rings is 9. The van der Waals surface area contributed by atoms with Crippen LogP contribution in [0.4, 0.5) is 22.7 Å². The average molecular weight is 745 g/mol. The highest BCUT2D eigenvalue weighted by molar-refractivity contribution is 6.28. The Balaban J connectivity index is 1.01. The summed E-state index contributed by atoms with van der Waals surface area (Å²) in [5, 5.41) is 10.7. The van der Waals surface area contributed by atoms with Crippen LogP contribution in [-0.4, -0.2) is 16.2 Å². The third-order valence-electron chi connectivity index (χ3n) is 11.8. The van der Waals surface area contributed by atoms with Crippen LogP contribution in [0.3, 0.4) is 0 Å². The molecule has 0 saturated carbocycles. The van der Waals surface area contributed by atoms with Gasteiger partial charge in [0.1, 0.15) is 24.0 Å². The molecule has 3 heterocycles. The van der Waals surface area contributed by atoms with Gasteiger partial charge in [-0.2, -0.15) is 0 Å². The number of aromatic nitrogens is 2. The van der Waals surface area contributed by atoms with E-state index in [1.807, 2.05) is 6.07 Å². The number of hydrogen-bond donors (Lipinski definition) is 0. The third kappa shape index (κ3) is 5.00. The zero-order valence-corrected chi connectivity index (χ0v) is 31.8. The first kappa shape index (κ1) is 32.6. The molecule has 1 aliphatic rings. The molecule has 0 N–H and O–H groups in total. The third-order valence-corrected chi connectivity index (χ3v) is 11.8. The maximum absolute atomic E-state index is 6.78. The van der Waals surface area contributed by atoms with Crippen LogP contribution in [0.2, 0.25) is 0 Å². The molecule has 0 bridgehead atoms. The lowest BCUT2D eigenvalue weighted by Gasteiger charge is -2.22. The summed E-state index contributed by atoms with van der Waals surface area (Å²) in [4.78, 5) is 10.3. The van der Waals surface area contributed by atoms with Crippen molar-refractivity contribution in [2.45, 2.75) is 6.92 Å². The minimum Gasteiger partial charge on any atom is -0.457 e. The summed E-state index contributed by atoms with van der Waals surface area (Å²) in [6.07, 6.45) is 0. The summed E-state index contributed by atoms with van der Waals surface area (Å²) in [7, 11) is 0. The van der Waals surface area contributed by atoms with Crippen molar-refractivity contribution in [3.05, 3.63) is 194 Å². The van der Waals surface area contributed by atoms with E-state index in [2.05, 4.69) is 203 Å². The van der Waals surface area contributed by atoms with Crippen molar-refractivity contribution in [2.75, 3.05) is 16.5 Å². The van der Waals surface area contributed by atoms with E-state index < -0.39 is 0 Å². The zero-order chi connectivity index (χ0) is 38.3. The van der Waals surface area contributed by atoms with Crippen LogP contribution in [0, 0.1) is 6.92 Å². The van der Waals surface area contributed by atoms with Crippen molar-refractivity contribution >= 4 is 87.8 Å². The molecule has 2 aromatic heterocycles. The molecule has 0 aliphatic carbocycles. The highest BCUT2D eigenvalue weighted by Crippen LogP contribution is 2.46.